The molecule has 0 aliphatic heterocycles. The van der Waals surface area contributed by atoms with E-state index in [2.05, 4.69) is 43.9 Å². The van der Waals surface area contributed by atoms with E-state index in [-0.39, 0.29) is 0 Å². The zero-order valence-corrected chi connectivity index (χ0v) is 11.8. The van der Waals surface area contributed by atoms with Crippen LogP contribution in [0.2, 0.25) is 0 Å². The molecule has 5 nitrogen and oxygen atoms in total. The summed E-state index contributed by atoms with van der Waals surface area (Å²) in [5.74, 6) is 2.00. The molecular formula is C15H19N5. The Labute approximate surface area is 118 Å². The smallest absolute Gasteiger partial charge is 0.128 e. The predicted octanol–water partition coefficient (Wildman–Crippen LogP) is 3.09. The molecule has 20 heavy (non-hydrogen) atoms. The lowest BCUT2D eigenvalue weighted by Gasteiger charge is -2.08. The van der Waals surface area contributed by atoms with Crippen molar-refractivity contribution in [2.45, 2.75) is 33.4 Å². The number of imidazole rings is 2. The van der Waals surface area contributed by atoms with Gasteiger partial charge in [-0.3, -0.25) is 0 Å². The van der Waals surface area contributed by atoms with Crippen molar-refractivity contribution in [1.29, 1.82) is 0 Å². The van der Waals surface area contributed by atoms with Gasteiger partial charge in [-0.25, -0.2) is 9.97 Å². The number of H-pyrrole nitrogens is 1. The lowest BCUT2D eigenvalue weighted by Crippen LogP contribution is -2.08. The van der Waals surface area contributed by atoms with Crippen molar-refractivity contribution in [1.82, 2.24) is 19.5 Å². The standard InChI is InChI=1S/C15H19N5/c1-3-7-20-8-6-16-15(20)10-17-12-4-5-13-14(9-12)19-11(2)18-13/h4-6,8-9,17H,3,7,10H2,1-2H3,(H,18,19). The van der Waals surface area contributed by atoms with E-state index in [4.69, 9.17) is 0 Å². The number of anilines is 1. The third-order valence-electron chi connectivity index (χ3n) is 3.32. The Morgan fingerprint density at radius 3 is 3.10 bits per heavy atom. The molecule has 3 aromatic rings. The van der Waals surface area contributed by atoms with Gasteiger partial charge in [-0.1, -0.05) is 6.92 Å². The number of aryl methyl sites for hydroxylation is 2. The molecule has 0 aliphatic rings. The minimum absolute atomic E-state index is 0.728. The third kappa shape index (κ3) is 2.52. The Morgan fingerprint density at radius 1 is 1.35 bits per heavy atom. The van der Waals surface area contributed by atoms with E-state index in [1.54, 1.807) is 0 Å². The first kappa shape index (κ1) is 12.7. The van der Waals surface area contributed by atoms with Gasteiger partial charge in [-0.15, -0.1) is 0 Å². The third-order valence-corrected chi connectivity index (χ3v) is 3.32. The second kappa shape index (κ2) is 5.36. The van der Waals surface area contributed by atoms with Gasteiger partial charge in [0.1, 0.15) is 11.6 Å². The van der Waals surface area contributed by atoms with Crippen LogP contribution in [0, 0.1) is 6.92 Å². The highest BCUT2D eigenvalue weighted by molar-refractivity contribution is 5.79. The molecule has 0 radical (unpaired) electrons. The van der Waals surface area contributed by atoms with E-state index < -0.39 is 0 Å². The number of benzene rings is 1. The molecule has 3 rings (SSSR count). The quantitative estimate of drug-likeness (QED) is 0.748. The number of nitrogens with one attached hydrogen (secondary N) is 2. The van der Waals surface area contributed by atoms with Crippen molar-refractivity contribution in [2.75, 3.05) is 5.32 Å². The van der Waals surface area contributed by atoms with Gasteiger partial charge in [-0.2, -0.15) is 0 Å². The number of aromatic amines is 1. The van der Waals surface area contributed by atoms with E-state index in [0.29, 0.717) is 0 Å². The molecule has 0 amide bonds. The maximum atomic E-state index is 4.40. The fraction of sp³-hybridized carbons (Fsp3) is 0.333. The molecule has 0 fully saturated rings. The Hall–Kier alpha value is -2.30. The summed E-state index contributed by atoms with van der Waals surface area (Å²) in [7, 11) is 0. The summed E-state index contributed by atoms with van der Waals surface area (Å²) < 4.78 is 2.19. The lowest BCUT2D eigenvalue weighted by atomic mass is 10.3. The summed E-state index contributed by atoms with van der Waals surface area (Å²) in [6, 6.07) is 6.16. The largest absolute Gasteiger partial charge is 0.378 e. The van der Waals surface area contributed by atoms with Gasteiger partial charge in [0, 0.05) is 24.6 Å². The number of rotatable bonds is 5. The molecule has 104 valence electrons. The highest BCUT2D eigenvalue weighted by Gasteiger charge is 2.04. The van der Waals surface area contributed by atoms with Gasteiger partial charge < -0.3 is 14.9 Å². The van der Waals surface area contributed by atoms with Crippen molar-refractivity contribution in [3.05, 3.63) is 42.2 Å². The Bertz CT molecular complexity index is 710. The SMILES string of the molecule is CCCn1ccnc1CNc1ccc2nc(C)[nH]c2c1. The average Bonchev–Trinajstić information content (AvgIpc) is 3.01. The Kier molecular flexibility index (Phi) is 3.41. The van der Waals surface area contributed by atoms with E-state index in [9.17, 15) is 0 Å². The maximum Gasteiger partial charge on any atom is 0.128 e. The first-order valence-electron chi connectivity index (χ1n) is 6.96. The number of hydrogen-bond donors (Lipinski definition) is 2. The van der Waals surface area contributed by atoms with Crippen LogP contribution in [0.15, 0.2) is 30.6 Å². The van der Waals surface area contributed by atoms with Crippen LogP contribution in [0.4, 0.5) is 5.69 Å². The molecule has 0 saturated heterocycles. The molecule has 0 bridgehead atoms. The molecule has 1 aromatic carbocycles. The predicted molar refractivity (Wildman–Crippen MR) is 80.7 cm³/mol. The maximum absolute atomic E-state index is 4.40. The van der Waals surface area contributed by atoms with Gasteiger partial charge in [0.05, 0.1) is 17.6 Å². The van der Waals surface area contributed by atoms with Gasteiger partial charge in [0.2, 0.25) is 0 Å². The van der Waals surface area contributed by atoms with E-state index in [1.807, 2.05) is 25.4 Å². The van der Waals surface area contributed by atoms with Crippen LogP contribution in [-0.4, -0.2) is 19.5 Å². The van der Waals surface area contributed by atoms with Crippen molar-refractivity contribution < 1.29 is 0 Å². The minimum atomic E-state index is 0.728. The first-order valence-corrected chi connectivity index (χ1v) is 6.96. The van der Waals surface area contributed by atoms with Crippen LogP contribution in [0.1, 0.15) is 25.0 Å². The van der Waals surface area contributed by atoms with Crippen LogP contribution in [-0.2, 0) is 13.1 Å². The molecule has 5 heteroatoms. The highest BCUT2D eigenvalue weighted by atomic mass is 15.1. The Morgan fingerprint density at radius 2 is 2.25 bits per heavy atom. The highest BCUT2D eigenvalue weighted by Crippen LogP contribution is 2.17. The Balaban J connectivity index is 1.74. The van der Waals surface area contributed by atoms with Crippen LogP contribution in [0.5, 0.6) is 0 Å². The summed E-state index contributed by atoms with van der Waals surface area (Å²) in [6.45, 7) is 5.88. The van der Waals surface area contributed by atoms with E-state index >= 15 is 0 Å². The van der Waals surface area contributed by atoms with Crippen LogP contribution < -0.4 is 5.32 Å². The van der Waals surface area contributed by atoms with Crippen molar-refractivity contribution >= 4 is 16.7 Å². The number of aromatic nitrogens is 4. The minimum Gasteiger partial charge on any atom is -0.378 e. The van der Waals surface area contributed by atoms with Crippen LogP contribution >= 0.6 is 0 Å². The molecule has 0 atom stereocenters. The molecular weight excluding hydrogens is 250 g/mol. The summed E-state index contributed by atoms with van der Waals surface area (Å²) >= 11 is 0. The van der Waals surface area contributed by atoms with Gasteiger partial charge in [0.25, 0.3) is 0 Å². The second-order valence-corrected chi connectivity index (χ2v) is 4.94. The van der Waals surface area contributed by atoms with Gasteiger partial charge >= 0.3 is 0 Å². The summed E-state index contributed by atoms with van der Waals surface area (Å²) in [5.41, 5.74) is 3.14. The fourth-order valence-electron chi connectivity index (χ4n) is 2.38. The van der Waals surface area contributed by atoms with Crippen molar-refractivity contribution in [3.8, 4) is 0 Å². The molecule has 2 heterocycles. The van der Waals surface area contributed by atoms with Crippen molar-refractivity contribution in [3.63, 3.8) is 0 Å². The first-order chi connectivity index (χ1) is 9.76. The van der Waals surface area contributed by atoms with Crippen LogP contribution in [0.3, 0.4) is 0 Å². The molecule has 0 spiro atoms. The monoisotopic (exact) mass is 269 g/mol. The zero-order chi connectivity index (χ0) is 13.9. The second-order valence-electron chi connectivity index (χ2n) is 4.94. The summed E-state index contributed by atoms with van der Waals surface area (Å²) in [5, 5.41) is 3.42. The number of hydrogen-bond acceptors (Lipinski definition) is 3. The van der Waals surface area contributed by atoms with Gasteiger partial charge in [0.15, 0.2) is 0 Å². The topological polar surface area (TPSA) is 58.5 Å². The lowest BCUT2D eigenvalue weighted by molar-refractivity contribution is 0.644. The van der Waals surface area contributed by atoms with Crippen molar-refractivity contribution in [2.24, 2.45) is 0 Å². The van der Waals surface area contributed by atoms with Crippen LogP contribution in [0.25, 0.3) is 11.0 Å². The van der Waals surface area contributed by atoms with E-state index in [1.165, 1.54) is 0 Å². The molecule has 2 N–H and O–H groups in total. The zero-order valence-electron chi connectivity index (χ0n) is 11.8. The molecule has 0 saturated carbocycles. The summed E-state index contributed by atoms with van der Waals surface area (Å²) in [4.78, 5) is 12.1. The summed E-state index contributed by atoms with van der Waals surface area (Å²) in [6.07, 6.45) is 5.00. The van der Waals surface area contributed by atoms with E-state index in [0.717, 1.165) is 47.9 Å². The molecule has 0 unspecified atom stereocenters. The molecule has 0 aliphatic carbocycles. The fourth-order valence-corrected chi connectivity index (χ4v) is 2.38. The molecule has 2 aromatic heterocycles. The average molecular weight is 269 g/mol. The number of nitrogens with zero attached hydrogens (tertiary/aromatic N) is 3. The van der Waals surface area contributed by atoms with Gasteiger partial charge in [-0.05, 0) is 31.5 Å². The normalized spacial score (nSPS) is 11.1. The number of fused-ring (bicyclic) bond motifs is 1.